The van der Waals surface area contributed by atoms with Crippen LogP contribution in [-0.2, 0) is 0 Å². The molecular formula is C13H26N2O. The summed E-state index contributed by atoms with van der Waals surface area (Å²) < 4.78 is 0. The summed E-state index contributed by atoms with van der Waals surface area (Å²) in [4.78, 5) is 0. The van der Waals surface area contributed by atoms with Gasteiger partial charge in [-0.1, -0.05) is 32.1 Å². The molecular weight excluding hydrogens is 200 g/mol. The monoisotopic (exact) mass is 226 g/mol. The standard InChI is InChI=1S/C13H26N2O/c16-13-10-15-9-12(13)8-14-7-6-11-4-2-1-3-5-11/h11-16H,1-10H2. The van der Waals surface area contributed by atoms with E-state index >= 15 is 0 Å². The molecule has 2 unspecified atom stereocenters. The number of hydrogen-bond acceptors (Lipinski definition) is 3. The maximum Gasteiger partial charge on any atom is 0.0716 e. The lowest BCUT2D eigenvalue weighted by Gasteiger charge is -2.22. The van der Waals surface area contributed by atoms with Crippen molar-refractivity contribution in [3.63, 3.8) is 0 Å². The van der Waals surface area contributed by atoms with E-state index in [1.54, 1.807) is 0 Å². The largest absolute Gasteiger partial charge is 0.391 e. The Morgan fingerprint density at radius 2 is 1.94 bits per heavy atom. The molecule has 1 aliphatic heterocycles. The summed E-state index contributed by atoms with van der Waals surface area (Å²) in [5.41, 5.74) is 0. The van der Waals surface area contributed by atoms with Crippen LogP contribution in [0.2, 0.25) is 0 Å². The van der Waals surface area contributed by atoms with Gasteiger partial charge in [-0.3, -0.25) is 0 Å². The normalized spacial score (nSPS) is 32.1. The fraction of sp³-hybridized carbons (Fsp3) is 1.00. The Hall–Kier alpha value is -0.120. The lowest BCUT2D eigenvalue weighted by molar-refractivity contribution is 0.146. The van der Waals surface area contributed by atoms with Crippen molar-refractivity contribution in [3.05, 3.63) is 0 Å². The molecule has 3 heteroatoms. The Morgan fingerprint density at radius 1 is 1.12 bits per heavy atom. The third-order valence-electron chi connectivity index (χ3n) is 4.16. The predicted molar refractivity (Wildman–Crippen MR) is 66.4 cm³/mol. The SMILES string of the molecule is OC1CNCC1CNCCC1CCCCC1. The number of rotatable bonds is 5. The second-order valence-corrected chi connectivity index (χ2v) is 5.48. The molecule has 1 heterocycles. The van der Waals surface area contributed by atoms with Crippen LogP contribution in [0, 0.1) is 11.8 Å². The molecule has 2 fully saturated rings. The van der Waals surface area contributed by atoms with E-state index in [0.29, 0.717) is 5.92 Å². The molecule has 1 saturated heterocycles. The predicted octanol–water partition coefficient (Wildman–Crippen LogP) is 1.13. The van der Waals surface area contributed by atoms with Crippen molar-refractivity contribution in [1.29, 1.82) is 0 Å². The van der Waals surface area contributed by atoms with Gasteiger partial charge in [0, 0.05) is 25.6 Å². The van der Waals surface area contributed by atoms with Crippen molar-refractivity contribution in [2.45, 2.75) is 44.6 Å². The third kappa shape index (κ3) is 3.72. The number of aliphatic hydroxyl groups excluding tert-OH is 1. The zero-order chi connectivity index (χ0) is 11.2. The molecule has 2 rings (SSSR count). The zero-order valence-electron chi connectivity index (χ0n) is 10.3. The van der Waals surface area contributed by atoms with Crippen molar-refractivity contribution in [2.24, 2.45) is 11.8 Å². The van der Waals surface area contributed by atoms with Gasteiger partial charge < -0.3 is 15.7 Å². The first-order valence-corrected chi connectivity index (χ1v) is 6.96. The minimum absolute atomic E-state index is 0.137. The van der Waals surface area contributed by atoms with E-state index in [1.807, 2.05) is 0 Å². The molecule has 94 valence electrons. The molecule has 1 aliphatic carbocycles. The van der Waals surface area contributed by atoms with E-state index in [0.717, 1.165) is 32.1 Å². The Morgan fingerprint density at radius 3 is 2.62 bits per heavy atom. The van der Waals surface area contributed by atoms with Gasteiger partial charge in [0.1, 0.15) is 0 Å². The van der Waals surface area contributed by atoms with E-state index < -0.39 is 0 Å². The average molecular weight is 226 g/mol. The average Bonchev–Trinajstić information content (AvgIpc) is 2.72. The molecule has 3 nitrogen and oxygen atoms in total. The van der Waals surface area contributed by atoms with Crippen molar-refractivity contribution in [2.75, 3.05) is 26.2 Å². The molecule has 0 aromatic carbocycles. The number of β-amino-alcohol motifs (C(OH)–C–C–N with tert-alkyl or cyclic N) is 1. The van der Waals surface area contributed by atoms with Crippen LogP contribution >= 0.6 is 0 Å². The zero-order valence-corrected chi connectivity index (χ0v) is 10.3. The van der Waals surface area contributed by atoms with Gasteiger partial charge in [0.05, 0.1) is 6.10 Å². The topological polar surface area (TPSA) is 44.3 Å². The van der Waals surface area contributed by atoms with Crippen LogP contribution in [0.3, 0.4) is 0 Å². The van der Waals surface area contributed by atoms with Gasteiger partial charge in [-0.15, -0.1) is 0 Å². The van der Waals surface area contributed by atoms with Crippen LogP contribution < -0.4 is 10.6 Å². The van der Waals surface area contributed by atoms with Crippen molar-refractivity contribution in [1.82, 2.24) is 10.6 Å². The summed E-state index contributed by atoms with van der Waals surface area (Å²) in [7, 11) is 0. The van der Waals surface area contributed by atoms with E-state index in [1.165, 1.54) is 38.5 Å². The summed E-state index contributed by atoms with van der Waals surface area (Å²) in [6, 6.07) is 0. The van der Waals surface area contributed by atoms with E-state index in [9.17, 15) is 5.11 Å². The highest BCUT2D eigenvalue weighted by atomic mass is 16.3. The minimum Gasteiger partial charge on any atom is -0.391 e. The molecule has 1 saturated carbocycles. The van der Waals surface area contributed by atoms with Crippen LogP contribution in [0.5, 0.6) is 0 Å². The fourth-order valence-corrected chi connectivity index (χ4v) is 3.00. The van der Waals surface area contributed by atoms with Gasteiger partial charge in [0.2, 0.25) is 0 Å². The van der Waals surface area contributed by atoms with Gasteiger partial charge in [0.25, 0.3) is 0 Å². The first kappa shape index (κ1) is 12.3. The summed E-state index contributed by atoms with van der Waals surface area (Å²) in [5, 5.41) is 16.4. The molecule has 16 heavy (non-hydrogen) atoms. The van der Waals surface area contributed by atoms with Gasteiger partial charge in [-0.05, 0) is 18.9 Å². The van der Waals surface area contributed by atoms with E-state index in [4.69, 9.17) is 0 Å². The van der Waals surface area contributed by atoms with Crippen LogP contribution in [0.4, 0.5) is 0 Å². The number of aliphatic hydroxyl groups is 1. The maximum absolute atomic E-state index is 9.63. The lowest BCUT2D eigenvalue weighted by atomic mass is 9.87. The van der Waals surface area contributed by atoms with Crippen LogP contribution in [0.25, 0.3) is 0 Å². The molecule has 0 aromatic rings. The first-order valence-electron chi connectivity index (χ1n) is 6.96. The quantitative estimate of drug-likeness (QED) is 0.616. The molecule has 0 spiro atoms. The highest BCUT2D eigenvalue weighted by Gasteiger charge is 2.24. The van der Waals surface area contributed by atoms with Crippen molar-refractivity contribution in [3.8, 4) is 0 Å². The molecule has 0 bridgehead atoms. The summed E-state index contributed by atoms with van der Waals surface area (Å²) in [6.45, 7) is 3.85. The lowest BCUT2D eigenvalue weighted by Crippen LogP contribution is -2.31. The molecule has 3 N–H and O–H groups in total. The van der Waals surface area contributed by atoms with Gasteiger partial charge >= 0.3 is 0 Å². The van der Waals surface area contributed by atoms with Gasteiger partial charge in [-0.2, -0.15) is 0 Å². The highest BCUT2D eigenvalue weighted by Crippen LogP contribution is 2.25. The summed E-state index contributed by atoms with van der Waals surface area (Å²) >= 11 is 0. The Kier molecular flexibility index (Phi) is 5.07. The second kappa shape index (κ2) is 6.58. The Balaban J connectivity index is 1.51. The van der Waals surface area contributed by atoms with Gasteiger partial charge in [0.15, 0.2) is 0 Å². The second-order valence-electron chi connectivity index (χ2n) is 5.48. The maximum atomic E-state index is 9.63. The van der Waals surface area contributed by atoms with E-state index in [-0.39, 0.29) is 6.10 Å². The number of hydrogen-bond donors (Lipinski definition) is 3. The summed E-state index contributed by atoms with van der Waals surface area (Å²) in [5.74, 6) is 1.39. The van der Waals surface area contributed by atoms with Gasteiger partial charge in [-0.25, -0.2) is 0 Å². The smallest absolute Gasteiger partial charge is 0.0716 e. The highest BCUT2D eigenvalue weighted by molar-refractivity contribution is 4.81. The fourth-order valence-electron chi connectivity index (χ4n) is 3.00. The van der Waals surface area contributed by atoms with E-state index in [2.05, 4.69) is 10.6 Å². The van der Waals surface area contributed by atoms with Crippen LogP contribution in [0.15, 0.2) is 0 Å². The van der Waals surface area contributed by atoms with Crippen LogP contribution in [-0.4, -0.2) is 37.4 Å². The molecule has 0 radical (unpaired) electrons. The Bertz CT molecular complexity index is 192. The first-order chi connectivity index (χ1) is 7.86. The molecule has 0 aromatic heterocycles. The molecule has 0 amide bonds. The van der Waals surface area contributed by atoms with Crippen molar-refractivity contribution < 1.29 is 5.11 Å². The summed E-state index contributed by atoms with van der Waals surface area (Å²) in [6.07, 6.45) is 8.40. The number of nitrogens with one attached hydrogen (secondary N) is 2. The minimum atomic E-state index is -0.137. The molecule has 2 aliphatic rings. The Labute approximate surface area is 99.0 Å². The third-order valence-corrected chi connectivity index (χ3v) is 4.16. The van der Waals surface area contributed by atoms with Crippen LogP contribution in [0.1, 0.15) is 38.5 Å². The van der Waals surface area contributed by atoms with Crippen molar-refractivity contribution >= 4 is 0 Å². The molecule has 2 atom stereocenters.